The summed E-state index contributed by atoms with van der Waals surface area (Å²) in [6, 6.07) is 17.4. The van der Waals surface area contributed by atoms with Crippen molar-refractivity contribution in [3.63, 3.8) is 0 Å². The molecular weight excluding hydrogens is 574 g/mol. The monoisotopic (exact) mass is 619 g/mol. The molecule has 3 aromatic rings. The number of nitrogens with zero attached hydrogens (tertiary/aromatic N) is 2. The van der Waals surface area contributed by atoms with Gasteiger partial charge in [0.05, 0.1) is 12.8 Å². The van der Waals surface area contributed by atoms with Crippen molar-refractivity contribution < 1.29 is 14.3 Å². The molecule has 3 aliphatic heterocycles. The molecule has 0 radical (unpaired) electrons. The van der Waals surface area contributed by atoms with Crippen LogP contribution in [-0.2, 0) is 16.1 Å². The van der Waals surface area contributed by atoms with Gasteiger partial charge in [0.25, 0.3) is 0 Å². The van der Waals surface area contributed by atoms with Crippen molar-refractivity contribution >= 4 is 11.8 Å². The summed E-state index contributed by atoms with van der Waals surface area (Å²) in [5, 5.41) is 9.53. The van der Waals surface area contributed by atoms with Gasteiger partial charge in [-0.05, 0) is 87.0 Å². The normalized spacial score (nSPS) is 20.2. The highest BCUT2D eigenvalue weighted by Crippen LogP contribution is 2.34. The molecule has 6 rings (SSSR count). The Morgan fingerprint density at radius 2 is 1.54 bits per heavy atom. The van der Waals surface area contributed by atoms with E-state index in [0.29, 0.717) is 37.2 Å². The maximum Gasteiger partial charge on any atom is 0.220 e. The van der Waals surface area contributed by atoms with E-state index in [-0.39, 0.29) is 17.9 Å². The van der Waals surface area contributed by atoms with E-state index >= 15 is 0 Å². The van der Waals surface area contributed by atoms with Crippen LogP contribution in [0.3, 0.4) is 0 Å². The lowest BCUT2D eigenvalue weighted by atomic mass is 9.90. The minimum Gasteiger partial charge on any atom is -0.481 e. The lowest BCUT2D eigenvalue weighted by Crippen LogP contribution is -2.42. The minimum atomic E-state index is 0.128. The van der Waals surface area contributed by atoms with E-state index in [1.165, 1.54) is 22.3 Å². The molecule has 3 fully saturated rings. The second kappa shape index (κ2) is 14.5. The van der Waals surface area contributed by atoms with Crippen LogP contribution in [0.5, 0.6) is 5.88 Å². The summed E-state index contributed by atoms with van der Waals surface area (Å²) < 4.78 is 5.70. The highest BCUT2D eigenvalue weighted by Gasteiger charge is 2.25. The Bertz CT molecular complexity index is 1650. The summed E-state index contributed by atoms with van der Waals surface area (Å²) in [6.45, 7) is 8.70. The van der Waals surface area contributed by atoms with E-state index in [2.05, 4.69) is 95.1 Å². The number of carbonyl (C=O) groups is 2. The Kier molecular flexibility index (Phi) is 10.0. The molecular formula is C38H45N5O3. The van der Waals surface area contributed by atoms with Gasteiger partial charge in [0.1, 0.15) is 0 Å². The maximum atomic E-state index is 11.5. The number of piperidine rings is 1. The summed E-state index contributed by atoms with van der Waals surface area (Å²) in [5.74, 6) is 8.43. The lowest BCUT2D eigenvalue weighted by molar-refractivity contribution is -0.120. The number of rotatable bonds is 9. The number of ether oxygens (including phenoxy) is 1. The number of likely N-dealkylation sites (tertiary alicyclic amines) is 1. The van der Waals surface area contributed by atoms with Crippen LogP contribution in [0, 0.1) is 31.6 Å². The molecule has 2 aromatic carbocycles. The molecule has 240 valence electrons. The summed E-state index contributed by atoms with van der Waals surface area (Å²) in [4.78, 5) is 30.4. The molecule has 3 saturated heterocycles. The first-order valence-corrected chi connectivity index (χ1v) is 16.6. The van der Waals surface area contributed by atoms with Crippen LogP contribution < -0.4 is 20.7 Å². The number of hydrogen-bond acceptors (Lipinski definition) is 6. The highest BCUT2D eigenvalue weighted by molar-refractivity contribution is 5.80. The van der Waals surface area contributed by atoms with Crippen molar-refractivity contribution in [2.45, 2.75) is 71.0 Å². The number of aromatic nitrogens is 1. The van der Waals surface area contributed by atoms with Gasteiger partial charge in [-0.2, -0.15) is 0 Å². The zero-order chi connectivity index (χ0) is 32.0. The Labute approximate surface area is 272 Å². The van der Waals surface area contributed by atoms with Gasteiger partial charge >= 0.3 is 0 Å². The van der Waals surface area contributed by atoms with E-state index < -0.39 is 0 Å². The first-order chi connectivity index (χ1) is 22.4. The standard InChI is InChI=1S/C38H45N5O3/c1-25-28(11-10-27-18-20-43(21-19-27)24-31-14-17-37(45)41-31)6-4-7-32(25)33-8-5-9-34(26(33)2)35-15-12-29(38(42-35)46-3)22-39-23-30-13-16-36(44)40-30/h4-9,12,15,27,30-31,39H,13-14,16-24H2,1-3H3,(H,40,44)(H,41,45)/t30-,31-/m0/s1. The average Bonchev–Trinajstić information content (AvgIpc) is 3.68. The zero-order valence-corrected chi connectivity index (χ0v) is 27.2. The molecule has 0 bridgehead atoms. The van der Waals surface area contributed by atoms with E-state index in [9.17, 15) is 9.59 Å². The number of methoxy groups -OCH3 is 1. The molecule has 3 aliphatic rings. The van der Waals surface area contributed by atoms with Crippen molar-refractivity contribution in [3.05, 3.63) is 70.8 Å². The third-order valence-electron chi connectivity index (χ3n) is 9.72. The van der Waals surface area contributed by atoms with E-state index in [0.717, 1.165) is 74.2 Å². The number of nitrogens with one attached hydrogen (secondary N) is 3. The van der Waals surface area contributed by atoms with Crippen LogP contribution >= 0.6 is 0 Å². The molecule has 46 heavy (non-hydrogen) atoms. The molecule has 0 unspecified atom stereocenters. The Morgan fingerprint density at radius 1 is 0.870 bits per heavy atom. The van der Waals surface area contributed by atoms with Gasteiger partial charge in [0.2, 0.25) is 17.7 Å². The van der Waals surface area contributed by atoms with Crippen molar-refractivity contribution in [2.75, 3.05) is 33.3 Å². The Hall–Kier alpha value is -4.19. The quantitative estimate of drug-likeness (QED) is 0.300. The molecule has 4 heterocycles. The van der Waals surface area contributed by atoms with E-state index in [1.54, 1.807) is 7.11 Å². The molecule has 0 saturated carbocycles. The van der Waals surface area contributed by atoms with Crippen LogP contribution in [0.2, 0.25) is 0 Å². The second-order valence-corrected chi connectivity index (χ2v) is 12.9. The zero-order valence-electron chi connectivity index (χ0n) is 27.2. The predicted molar refractivity (Wildman–Crippen MR) is 181 cm³/mol. The van der Waals surface area contributed by atoms with Crippen LogP contribution in [0.1, 0.15) is 60.8 Å². The summed E-state index contributed by atoms with van der Waals surface area (Å²) in [5.41, 5.74) is 8.73. The van der Waals surface area contributed by atoms with Crippen LogP contribution in [0.4, 0.5) is 0 Å². The Balaban J connectivity index is 1.13. The van der Waals surface area contributed by atoms with Crippen molar-refractivity contribution in [1.29, 1.82) is 0 Å². The van der Waals surface area contributed by atoms with Gasteiger partial charge in [-0.25, -0.2) is 4.98 Å². The predicted octanol–water partition coefficient (Wildman–Crippen LogP) is 4.75. The van der Waals surface area contributed by atoms with Crippen molar-refractivity contribution in [3.8, 4) is 40.1 Å². The molecule has 8 heteroatoms. The number of amides is 2. The fourth-order valence-corrected chi connectivity index (χ4v) is 6.98. The van der Waals surface area contributed by atoms with E-state index in [4.69, 9.17) is 9.72 Å². The first kappa shape index (κ1) is 31.8. The topological polar surface area (TPSA) is 95.6 Å². The number of carbonyl (C=O) groups excluding carboxylic acids is 2. The van der Waals surface area contributed by atoms with Crippen LogP contribution in [0.15, 0.2) is 48.5 Å². The minimum absolute atomic E-state index is 0.128. The summed E-state index contributed by atoms with van der Waals surface area (Å²) in [7, 11) is 1.66. The highest BCUT2D eigenvalue weighted by atomic mass is 16.5. The summed E-state index contributed by atoms with van der Waals surface area (Å²) >= 11 is 0. The lowest BCUT2D eigenvalue weighted by Gasteiger charge is -2.31. The van der Waals surface area contributed by atoms with Gasteiger partial charge in [0, 0.05) is 67.2 Å². The molecule has 0 spiro atoms. The summed E-state index contributed by atoms with van der Waals surface area (Å²) in [6.07, 6.45) is 5.22. The van der Waals surface area contributed by atoms with Crippen molar-refractivity contribution in [2.24, 2.45) is 5.92 Å². The smallest absolute Gasteiger partial charge is 0.220 e. The number of benzene rings is 2. The number of pyridine rings is 1. The van der Waals surface area contributed by atoms with Crippen LogP contribution in [-0.4, -0.2) is 67.1 Å². The molecule has 1 aromatic heterocycles. The fourth-order valence-electron chi connectivity index (χ4n) is 6.98. The van der Waals surface area contributed by atoms with Gasteiger partial charge in [-0.3, -0.25) is 9.59 Å². The van der Waals surface area contributed by atoms with Gasteiger partial charge in [-0.15, -0.1) is 0 Å². The maximum absolute atomic E-state index is 11.5. The molecule has 3 N–H and O–H groups in total. The fraction of sp³-hybridized carbons (Fsp3) is 0.447. The van der Waals surface area contributed by atoms with Crippen LogP contribution in [0.25, 0.3) is 22.4 Å². The largest absolute Gasteiger partial charge is 0.481 e. The third kappa shape index (κ3) is 7.43. The van der Waals surface area contributed by atoms with Gasteiger partial charge in [0.15, 0.2) is 0 Å². The molecule has 8 nitrogen and oxygen atoms in total. The first-order valence-electron chi connectivity index (χ1n) is 16.6. The van der Waals surface area contributed by atoms with Crippen molar-refractivity contribution in [1.82, 2.24) is 25.8 Å². The number of hydrogen-bond donors (Lipinski definition) is 3. The molecule has 0 aliphatic carbocycles. The SMILES string of the molecule is COc1nc(-c2cccc(-c3cccc(C#CC4CCN(C[C@@H]5CCC(=O)N5)CC4)c3C)c2C)ccc1CNC[C@@H]1CCC(=O)N1. The Morgan fingerprint density at radius 3 is 2.24 bits per heavy atom. The van der Waals surface area contributed by atoms with E-state index in [1.807, 2.05) is 0 Å². The molecule has 2 atom stereocenters. The van der Waals surface area contributed by atoms with Gasteiger partial charge in [-0.1, -0.05) is 48.2 Å². The molecule has 2 amide bonds. The third-order valence-corrected chi connectivity index (χ3v) is 9.72. The van der Waals surface area contributed by atoms with Gasteiger partial charge < -0.3 is 25.6 Å². The second-order valence-electron chi connectivity index (χ2n) is 12.9. The average molecular weight is 620 g/mol.